The molecule has 0 saturated heterocycles. The van der Waals surface area contributed by atoms with Crippen molar-refractivity contribution < 1.29 is 23.4 Å². The van der Waals surface area contributed by atoms with Crippen LogP contribution in [0.1, 0.15) is 28.6 Å². The molecule has 132 valence electrons. The van der Waals surface area contributed by atoms with Crippen LogP contribution >= 0.6 is 0 Å². The van der Waals surface area contributed by atoms with E-state index in [0.717, 1.165) is 5.56 Å². The first-order valence-electron chi connectivity index (χ1n) is 7.90. The predicted molar refractivity (Wildman–Crippen MR) is 95.9 cm³/mol. The molecule has 26 heavy (non-hydrogen) atoms. The van der Waals surface area contributed by atoms with Crippen LogP contribution in [0.3, 0.4) is 0 Å². The minimum atomic E-state index is -1.13. The molecule has 1 N–H and O–H groups in total. The summed E-state index contributed by atoms with van der Waals surface area (Å²) in [6.45, 7) is 1.97. The van der Waals surface area contributed by atoms with Gasteiger partial charge in [0.05, 0.1) is 17.6 Å². The molecule has 3 aromatic rings. The van der Waals surface area contributed by atoms with Gasteiger partial charge in [-0.1, -0.05) is 18.2 Å². The Balaban J connectivity index is 2.13. The monoisotopic (exact) mass is 354 g/mol. The Morgan fingerprint density at radius 2 is 1.92 bits per heavy atom. The average molecular weight is 354 g/mol. The summed E-state index contributed by atoms with van der Waals surface area (Å²) >= 11 is 0. The van der Waals surface area contributed by atoms with Crippen LogP contribution in [0.4, 0.5) is 4.39 Å². The molecule has 0 aliphatic carbocycles. The maximum absolute atomic E-state index is 13.0. The standard InChI is InChI=1S/C20H15FO5/c1-2-25-19-17(9-5-12-3-7-14(21)8-4-12)26-16-10-6-13(20(23)24)11-15(16)18(19)22/h3-11H,2H2,1H3,(H,23,24)/b9-5+. The number of rotatable bonds is 5. The van der Waals surface area contributed by atoms with Crippen molar-refractivity contribution in [2.24, 2.45) is 0 Å². The number of carbonyl (C=O) groups is 1. The first-order valence-corrected chi connectivity index (χ1v) is 7.90. The van der Waals surface area contributed by atoms with Gasteiger partial charge in [-0.05, 0) is 48.9 Å². The number of benzene rings is 2. The van der Waals surface area contributed by atoms with Gasteiger partial charge in [-0.2, -0.15) is 0 Å². The van der Waals surface area contributed by atoms with Crippen molar-refractivity contribution in [3.63, 3.8) is 0 Å². The number of carboxylic acids is 1. The zero-order chi connectivity index (χ0) is 18.7. The second kappa shape index (κ2) is 7.23. The van der Waals surface area contributed by atoms with Crippen molar-refractivity contribution >= 4 is 29.1 Å². The van der Waals surface area contributed by atoms with Gasteiger partial charge < -0.3 is 14.3 Å². The van der Waals surface area contributed by atoms with E-state index in [4.69, 9.17) is 14.3 Å². The Kier molecular flexibility index (Phi) is 4.84. The van der Waals surface area contributed by atoms with Crippen LogP contribution in [-0.2, 0) is 0 Å². The first-order chi connectivity index (χ1) is 12.5. The van der Waals surface area contributed by atoms with E-state index in [1.54, 1.807) is 31.2 Å². The van der Waals surface area contributed by atoms with E-state index >= 15 is 0 Å². The Labute approximate surface area is 148 Å². The summed E-state index contributed by atoms with van der Waals surface area (Å²) in [4.78, 5) is 23.8. The number of carboxylic acid groups (broad SMARTS) is 1. The molecule has 0 radical (unpaired) electrons. The fourth-order valence-electron chi connectivity index (χ4n) is 2.47. The van der Waals surface area contributed by atoms with Crippen molar-refractivity contribution in [2.75, 3.05) is 6.61 Å². The smallest absolute Gasteiger partial charge is 0.335 e. The second-order valence-electron chi connectivity index (χ2n) is 5.46. The highest BCUT2D eigenvalue weighted by Crippen LogP contribution is 2.24. The highest BCUT2D eigenvalue weighted by atomic mass is 19.1. The Morgan fingerprint density at radius 3 is 2.58 bits per heavy atom. The molecule has 0 atom stereocenters. The Bertz CT molecular complexity index is 1050. The van der Waals surface area contributed by atoms with Crippen molar-refractivity contribution in [1.29, 1.82) is 0 Å². The molecular formula is C20H15FO5. The van der Waals surface area contributed by atoms with E-state index in [2.05, 4.69) is 0 Å². The van der Waals surface area contributed by atoms with E-state index in [9.17, 15) is 14.0 Å². The maximum Gasteiger partial charge on any atom is 0.335 e. The molecule has 0 unspecified atom stereocenters. The molecule has 0 amide bonds. The highest BCUT2D eigenvalue weighted by Gasteiger charge is 2.15. The summed E-state index contributed by atoms with van der Waals surface area (Å²) in [5.74, 6) is -1.27. The molecule has 2 aromatic carbocycles. The number of hydrogen-bond acceptors (Lipinski definition) is 4. The van der Waals surface area contributed by atoms with Crippen LogP contribution in [0.2, 0.25) is 0 Å². The molecule has 6 heteroatoms. The number of halogens is 1. The summed E-state index contributed by atoms with van der Waals surface area (Å²) in [5.41, 5.74) is 0.511. The van der Waals surface area contributed by atoms with Gasteiger partial charge in [0.1, 0.15) is 11.4 Å². The van der Waals surface area contributed by atoms with Gasteiger partial charge in [0.2, 0.25) is 11.2 Å². The number of aromatic carboxylic acids is 1. The van der Waals surface area contributed by atoms with Crippen molar-refractivity contribution in [1.82, 2.24) is 0 Å². The molecule has 0 saturated carbocycles. The van der Waals surface area contributed by atoms with Gasteiger partial charge in [-0.25, -0.2) is 9.18 Å². The van der Waals surface area contributed by atoms with Crippen molar-refractivity contribution in [2.45, 2.75) is 6.92 Å². The van der Waals surface area contributed by atoms with E-state index < -0.39 is 11.4 Å². The van der Waals surface area contributed by atoms with Crippen LogP contribution in [0.5, 0.6) is 5.75 Å². The maximum atomic E-state index is 13.0. The highest BCUT2D eigenvalue weighted by molar-refractivity contribution is 5.93. The third-order valence-electron chi connectivity index (χ3n) is 3.71. The largest absolute Gasteiger partial charge is 0.487 e. The topological polar surface area (TPSA) is 76.7 Å². The SMILES string of the molecule is CCOc1c(/C=C/c2ccc(F)cc2)oc2ccc(C(=O)O)cc2c1=O. The zero-order valence-corrected chi connectivity index (χ0v) is 13.9. The van der Waals surface area contributed by atoms with Gasteiger partial charge in [-0.15, -0.1) is 0 Å². The molecule has 1 aromatic heterocycles. The molecule has 0 aliphatic heterocycles. The molecule has 0 bridgehead atoms. The summed E-state index contributed by atoms with van der Waals surface area (Å²) < 4.78 is 24.1. The fourth-order valence-corrected chi connectivity index (χ4v) is 2.47. The second-order valence-corrected chi connectivity index (χ2v) is 5.46. The molecule has 5 nitrogen and oxygen atoms in total. The number of ether oxygens (including phenoxy) is 1. The lowest BCUT2D eigenvalue weighted by Gasteiger charge is -2.08. The molecule has 0 spiro atoms. The summed E-state index contributed by atoms with van der Waals surface area (Å²) in [6, 6.07) is 9.89. The predicted octanol–water partition coefficient (Wildman–Crippen LogP) is 4.20. The summed E-state index contributed by atoms with van der Waals surface area (Å²) in [5, 5.41) is 9.22. The molecular weight excluding hydrogens is 339 g/mol. The lowest BCUT2D eigenvalue weighted by molar-refractivity contribution is 0.0697. The average Bonchev–Trinajstić information content (AvgIpc) is 2.63. The van der Waals surface area contributed by atoms with Crippen LogP contribution < -0.4 is 10.2 Å². The minimum Gasteiger partial charge on any atom is -0.487 e. The van der Waals surface area contributed by atoms with Gasteiger partial charge >= 0.3 is 5.97 Å². The van der Waals surface area contributed by atoms with Crippen LogP contribution in [-0.4, -0.2) is 17.7 Å². The van der Waals surface area contributed by atoms with E-state index in [1.165, 1.54) is 30.3 Å². The lowest BCUT2D eigenvalue weighted by atomic mass is 10.1. The van der Waals surface area contributed by atoms with Crippen LogP contribution in [0.15, 0.2) is 51.7 Å². The molecule has 0 fully saturated rings. The molecule has 3 rings (SSSR count). The summed E-state index contributed by atoms with van der Waals surface area (Å²) in [7, 11) is 0. The third-order valence-corrected chi connectivity index (χ3v) is 3.71. The number of hydrogen-bond donors (Lipinski definition) is 1. The lowest BCUT2D eigenvalue weighted by Crippen LogP contribution is -2.10. The van der Waals surface area contributed by atoms with Crippen LogP contribution in [0, 0.1) is 5.82 Å². The van der Waals surface area contributed by atoms with Crippen LogP contribution in [0.25, 0.3) is 23.1 Å². The normalized spacial score (nSPS) is 11.2. The first kappa shape index (κ1) is 17.4. The Hall–Kier alpha value is -3.41. The quantitative estimate of drug-likeness (QED) is 0.743. The number of fused-ring (bicyclic) bond motifs is 1. The minimum absolute atomic E-state index is 0.000834. The van der Waals surface area contributed by atoms with Gasteiger partial charge in [0, 0.05) is 0 Å². The zero-order valence-electron chi connectivity index (χ0n) is 13.9. The third kappa shape index (κ3) is 3.49. The summed E-state index contributed by atoms with van der Waals surface area (Å²) in [6.07, 6.45) is 3.22. The van der Waals surface area contributed by atoms with Gasteiger partial charge in [0.25, 0.3) is 0 Å². The molecule has 0 aliphatic rings. The van der Waals surface area contributed by atoms with Crippen molar-refractivity contribution in [3.05, 3.63) is 75.4 Å². The van der Waals surface area contributed by atoms with Gasteiger partial charge in [-0.3, -0.25) is 4.79 Å². The van der Waals surface area contributed by atoms with E-state index in [0.29, 0.717) is 0 Å². The Morgan fingerprint density at radius 1 is 1.19 bits per heavy atom. The van der Waals surface area contributed by atoms with Gasteiger partial charge in [0.15, 0.2) is 5.76 Å². The van der Waals surface area contributed by atoms with E-state index in [1.807, 2.05) is 0 Å². The molecule has 1 heterocycles. The van der Waals surface area contributed by atoms with Crippen molar-refractivity contribution in [3.8, 4) is 5.75 Å². The van der Waals surface area contributed by atoms with E-state index in [-0.39, 0.29) is 40.5 Å². The fraction of sp³-hybridized carbons (Fsp3) is 0.100.